The van der Waals surface area contributed by atoms with Crippen molar-refractivity contribution in [1.29, 1.82) is 0 Å². The predicted octanol–water partition coefficient (Wildman–Crippen LogP) is 3.29. The Hall–Kier alpha value is -1.09. The minimum Gasteiger partial charge on any atom is -0.489 e. The Morgan fingerprint density at radius 3 is 2.71 bits per heavy atom. The minimum absolute atomic E-state index is 0.157. The van der Waals surface area contributed by atoms with Crippen LogP contribution < -0.4 is 10.1 Å². The third kappa shape index (κ3) is 4.73. The van der Waals surface area contributed by atoms with Gasteiger partial charge in [0.2, 0.25) is 0 Å². The monoisotopic (exact) mass is 239 g/mol. The summed E-state index contributed by atoms with van der Waals surface area (Å²) in [6.07, 6.45) is 2.24. The van der Waals surface area contributed by atoms with E-state index in [4.69, 9.17) is 4.74 Å². The highest BCUT2D eigenvalue weighted by atomic mass is 19.1. The average molecular weight is 239 g/mol. The van der Waals surface area contributed by atoms with Crippen LogP contribution in [0.4, 0.5) is 4.39 Å². The zero-order chi connectivity index (χ0) is 12.7. The van der Waals surface area contributed by atoms with E-state index in [1.165, 1.54) is 6.07 Å². The van der Waals surface area contributed by atoms with Crippen LogP contribution in [-0.2, 0) is 0 Å². The molecule has 0 aromatic heterocycles. The lowest BCUT2D eigenvalue weighted by molar-refractivity contribution is 0.187. The molecule has 17 heavy (non-hydrogen) atoms. The summed E-state index contributed by atoms with van der Waals surface area (Å²) >= 11 is 0. The molecule has 0 heterocycles. The van der Waals surface area contributed by atoms with Crippen molar-refractivity contribution in [1.82, 2.24) is 5.32 Å². The Labute approximate surface area is 103 Å². The molecule has 0 aliphatic heterocycles. The maximum Gasteiger partial charge on any atom is 0.126 e. The van der Waals surface area contributed by atoms with Gasteiger partial charge in [-0.1, -0.05) is 20.3 Å². The second-order valence-electron chi connectivity index (χ2n) is 4.25. The van der Waals surface area contributed by atoms with Gasteiger partial charge in [-0.2, -0.15) is 0 Å². The molecule has 1 rings (SSSR count). The fraction of sp³-hybridized carbons (Fsp3) is 0.571. The summed E-state index contributed by atoms with van der Waals surface area (Å²) in [7, 11) is 0. The van der Waals surface area contributed by atoms with Gasteiger partial charge in [0.15, 0.2) is 0 Å². The first kappa shape index (κ1) is 14.0. The second kappa shape index (κ2) is 7.28. The van der Waals surface area contributed by atoms with Gasteiger partial charge in [-0.3, -0.25) is 0 Å². The summed E-state index contributed by atoms with van der Waals surface area (Å²) in [6.45, 7) is 7.73. The fourth-order valence-corrected chi connectivity index (χ4v) is 1.71. The van der Waals surface area contributed by atoms with Gasteiger partial charge in [0, 0.05) is 6.54 Å². The second-order valence-corrected chi connectivity index (χ2v) is 4.25. The number of benzene rings is 1. The van der Waals surface area contributed by atoms with Gasteiger partial charge in [-0.25, -0.2) is 4.39 Å². The third-order valence-electron chi connectivity index (χ3n) is 2.66. The van der Waals surface area contributed by atoms with E-state index in [9.17, 15) is 4.39 Å². The van der Waals surface area contributed by atoms with Crippen molar-refractivity contribution in [2.24, 2.45) is 0 Å². The summed E-state index contributed by atoms with van der Waals surface area (Å²) in [6, 6.07) is 4.90. The van der Waals surface area contributed by atoms with Crippen molar-refractivity contribution in [2.75, 3.05) is 13.1 Å². The maximum atomic E-state index is 13.1. The molecular formula is C14H22FNO. The number of hydrogen-bond donors (Lipinski definition) is 1. The molecule has 0 amide bonds. The van der Waals surface area contributed by atoms with E-state index in [1.807, 2.05) is 0 Å². The zero-order valence-electron chi connectivity index (χ0n) is 10.9. The molecule has 1 N–H and O–H groups in total. The van der Waals surface area contributed by atoms with Crippen molar-refractivity contribution in [3.8, 4) is 5.75 Å². The lowest BCUT2D eigenvalue weighted by Crippen LogP contribution is -2.31. The minimum atomic E-state index is -0.184. The number of ether oxygens (including phenoxy) is 1. The molecule has 1 atom stereocenters. The molecule has 0 saturated heterocycles. The molecule has 3 heteroatoms. The first-order chi connectivity index (χ1) is 8.17. The quantitative estimate of drug-likeness (QED) is 0.788. The van der Waals surface area contributed by atoms with Crippen LogP contribution in [0.25, 0.3) is 0 Å². The first-order valence-corrected chi connectivity index (χ1v) is 6.30. The summed E-state index contributed by atoms with van der Waals surface area (Å²) in [4.78, 5) is 0. The summed E-state index contributed by atoms with van der Waals surface area (Å²) in [5.74, 6) is 0.566. The van der Waals surface area contributed by atoms with Crippen LogP contribution in [0.15, 0.2) is 18.2 Å². The maximum absolute atomic E-state index is 13.1. The van der Waals surface area contributed by atoms with Crippen molar-refractivity contribution in [2.45, 2.75) is 39.7 Å². The Balaban J connectivity index is 2.61. The summed E-state index contributed by atoms with van der Waals surface area (Å²) in [5, 5.41) is 3.28. The molecule has 0 saturated carbocycles. The third-order valence-corrected chi connectivity index (χ3v) is 2.66. The van der Waals surface area contributed by atoms with Crippen molar-refractivity contribution in [3.63, 3.8) is 0 Å². The molecule has 0 aliphatic carbocycles. The van der Waals surface area contributed by atoms with Crippen LogP contribution in [0.2, 0.25) is 0 Å². The standard InChI is InChI=1S/C14H22FNO/c1-4-6-13(10-16-5-2)17-12-7-8-14(15)11(3)9-12/h7-9,13,16H,4-6,10H2,1-3H3. The van der Waals surface area contributed by atoms with Crippen LogP contribution in [0, 0.1) is 12.7 Å². The Morgan fingerprint density at radius 1 is 1.35 bits per heavy atom. The molecule has 0 fully saturated rings. The average Bonchev–Trinajstić information content (AvgIpc) is 2.31. The van der Waals surface area contributed by atoms with E-state index < -0.39 is 0 Å². The normalized spacial score (nSPS) is 12.5. The van der Waals surface area contributed by atoms with Crippen molar-refractivity contribution >= 4 is 0 Å². The highest BCUT2D eigenvalue weighted by molar-refractivity contribution is 5.29. The molecule has 96 valence electrons. The Bertz CT molecular complexity index is 341. The SMILES string of the molecule is CCCC(CNCC)Oc1ccc(F)c(C)c1. The topological polar surface area (TPSA) is 21.3 Å². The molecule has 0 spiro atoms. The van der Waals surface area contributed by atoms with E-state index in [-0.39, 0.29) is 11.9 Å². The zero-order valence-corrected chi connectivity index (χ0v) is 10.9. The number of halogens is 1. The van der Waals surface area contributed by atoms with E-state index in [0.717, 1.165) is 31.7 Å². The lowest BCUT2D eigenvalue weighted by atomic mass is 10.2. The Kier molecular flexibility index (Phi) is 5.98. The van der Waals surface area contributed by atoms with Gasteiger partial charge in [0.25, 0.3) is 0 Å². The summed E-state index contributed by atoms with van der Waals surface area (Å²) < 4.78 is 19.0. The van der Waals surface area contributed by atoms with Gasteiger partial charge in [0.1, 0.15) is 17.7 Å². The smallest absolute Gasteiger partial charge is 0.126 e. The molecule has 1 unspecified atom stereocenters. The molecule has 1 aromatic carbocycles. The number of likely N-dealkylation sites (N-methyl/N-ethyl adjacent to an activating group) is 1. The van der Waals surface area contributed by atoms with Gasteiger partial charge >= 0.3 is 0 Å². The van der Waals surface area contributed by atoms with Crippen LogP contribution >= 0.6 is 0 Å². The first-order valence-electron chi connectivity index (χ1n) is 6.30. The van der Waals surface area contributed by atoms with Gasteiger partial charge in [-0.05, 0) is 43.7 Å². The van der Waals surface area contributed by atoms with Crippen molar-refractivity contribution in [3.05, 3.63) is 29.6 Å². The number of nitrogens with one attached hydrogen (secondary N) is 1. The molecule has 0 aliphatic rings. The van der Waals surface area contributed by atoms with Gasteiger partial charge in [0.05, 0.1) is 0 Å². The number of rotatable bonds is 7. The predicted molar refractivity (Wildman–Crippen MR) is 69.0 cm³/mol. The highest BCUT2D eigenvalue weighted by Crippen LogP contribution is 2.18. The van der Waals surface area contributed by atoms with Crippen LogP contribution in [0.3, 0.4) is 0 Å². The van der Waals surface area contributed by atoms with E-state index in [1.54, 1.807) is 19.1 Å². The summed E-state index contributed by atoms with van der Waals surface area (Å²) in [5.41, 5.74) is 0.626. The van der Waals surface area contributed by atoms with Crippen LogP contribution in [-0.4, -0.2) is 19.2 Å². The highest BCUT2D eigenvalue weighted by Gasteiger charge is 2.09. The molecule has 0 radical (unpaired) electrons. The Morgan fingerprint density at radius 2 is 2.12 bits per heavy atom. The largest absolute Gasteiger partial charge is 0.489 e. The number of hydrogen-bond acceptors (Lipinski definition) is 2. The molecule has 0 bridgehead atoms. The van der Waals surface area contributed by atoms with Crippen LogP contribution in [0.1, 0.15) is 32.3 Å². The van der Waals surface area contributed by atoms with Gasteiger partial charge < -0.3 is 10.1 Å². The van der Waals surface area contributed by atoms with E-state index >= 15 is 0 Å². The fourth-order valence-electron chi connectivity index (χ4n) is 1.71. The van der Waals surface area contributed by atoms with Crippen LogP contribution in [0.5, 0.6) is 5.75 Å². The molecule has 1 aromatic rings. The molecular weight excluding hydrogens is 217 g/mol. The van der Waals surface area contributed by atoms with E-state index in [2.05, 4.69) is 19.2 Å². The lowest BCUT2D eigenvalue weighted by Gasteiger charge is -2.19. The van der Waals surface area contributed by atoms with Gasteiger partial charge in [-0.15, -0.1) is 0 Å². The van der Waals surface area contributed by atoms with Crippen molar-refractivity contribution < 1.29 is 9.13 Å². The number of aryl methyl sites for hydroxylation is 1. The van der Waals surface area contributed by atoms with E-state index in [0.29, 0.717) is 5.56 Å². The molecule has 2 nitrogen and oxygen atoms in total.